The van der Waals surface area contributed by atoms with Gasteiger partial charge in [-0.25, -0.2) is 0 Å². The molecule has 0 aliphatic heterocycles. The fourth-order valence-corrected chi connectivity index (χ4v) is 2.57. The van der Waals surface area contributed by atoms with Gasteiger partial charge in [0.15, 0.2) is 0 Å². The highest BCUT2D eigenvalue weighted by Gasteiger charge is 2.41. The molecule has 1 fully saturated rings. The fraction of sp³-hybridized carbons (Fsp3) is 0.538. The highest BCUT2D eigenvalue weighted by molar-refractivity contribution is 5.38. The number of methoxy groups -OCH3 is 1. The molecule has 0 saturated heterocycles. The zero-order chi connectivity index (χ0) is 10.9. The lowest BCUT2D eigenvalue weighted by atomic mass is 9.84. The van der Waals surface area contributed by atoms with Crippen LogP contribution in [0.1, 0.15) is 31.7 Å². The summed E-state index contributed by atoms with van der Waals surface area (Å²) < 4.78 is 5.31. The Hall–Kier alpha value is -1.02. The average Bonchev–Trinajstić information content (AvgIpc) is 2.60. The Morgan fingerprint density at radius 2 is 2.13 bits per heavy atom. The number of hydrogen-bond acceptors (Lipinski definition) is 2. The van der Waals surface area contributed by atoms with Gasteiger partial charge >= 0.3 is 0 Å². The fourth-order valence-electron chi connectivity index (χ4n) is 2.57. The van der Waals surface area contributed by atoms with E-state index in [1.165, 1.54) is 0 Å². The molecule has 1 N–H and O–H groups in total. The summed E-state index contributed by atoms with van der Waals surface area (Å²) in [6.07, 6.45) is 3.03. The van der Waals surface area contributed by atoms with Crippen molar-refractivity contribution < 1.29 is 9.84 Å². The van der Waals surface area contributed by atoms with E-state index in [1.807, 2.05) is 24.3 Å². The molecule has 0 unspecified atom stereocenters. The van der Waals surface area contributed by atoms with Gasteiger partial charge in [0.05, 0.1) is 12.7 Å². The smallest absolute Gasteiger partial charge is 0.124 e. The maximum Gasteiger partial charge on any atom is 0.124 e. The largest absolute Gasteiger partial charge is 0.496 e. The Balaban J connectivity index is 2.43. The number of benzene rings is 1. The Labute approximate surface area is 90.9 Å². The Kier molecular flexibility index (Phi) is 2.70. The normalized spacial score (nSPS) is 30.5. The zero-order valence-corrected chi connectivity index (χ0v) is 9.36. The Bertz CT molecular complexity index is 348. The number of para-hydroxylation sites is 1. The van der Waals surface area contributed by atoms with Crippen LogP contribution in [0.15, 0.2) is 24.3 Å². The number of hydrogen-bond donors (Lipinski definition) is 1. The van der Waals surface area contributed by atoms with Crippen molar-refractivity contribution in [3.63, 3.8) is 0 Å². The van der Waals surface area contributed by atoms with Crippen LogP contribution in [0.25, 0.3) is 0 Å². The molecule has 2 nitrogen and oxygen atoms in total. The quantitative estimate of drug-likeness (QED) is 0.806. The standard InChI is InChI=1S/C13H18O2/c1-10-6-5-9-13(10,14)11-7-3-4-8-12(11)15-2/h3-4,7-8,10,14H,5-6,9H2,1-2H3/t10-,13+/m0/s1. The van der Waals surface area contributed by atoms with Gasteiger partial charge in [-0.1, -0.05) is 25.1 Å². The van der Waals surface area contributed by atoms with Crippen LogP contribution in [0.4, 0.5) is 0 Å². The molecule has 2 rings (SSSR count). The lowest BCUT2D eigenvalue weighted by molar-refractivity contribution is 0.00242. The van der Waals surface area contributed by atoms with Gasteiger partial charge in [-0.15, -0.1) is 0 Å². The summed E-state index contributed by atoms with van der Waals surface area (Å²) in [6.45, 7) is 2.11. The molecule has 15 heavy (non-hydrogen) atoms. The van der Waals surface area contributed by atoms with Crippen LogP contribution in [0.3, 0.4) is 0 Å². The van der Waals surface area contributed by atoms with Crippen molar-refractivity contribution in [2.24, 2.45) is 5.92 Å². The highest BCUT2D eigenvalue weighted by Crippen LogP contribution is 2.46. The van der Waals surface area contributed by atoms with Gasteiger partial charge in [0.1, 0.15) is 5.75 Å². The predicted octanol–water partition coefficient (Wildman–Crippen LogP) is 2.70. The van der Waals surface area contributed by atoms with Gasteiger partial charge in [-0.3, -0.25) is 0 Å². The topological polar surface area (TPSA) is 29.5 Å². The molecule has 1 aliphatic carbocycles. The Morgan fingerprint density at radius 1 is 1.40 bits per heavy atom. The van der Waals surface area contributed by atoms with E-state index in [0.29, 0.717) is 5.92 Å². The minimum atomic E-state index is -0.688. The second-order valence-electron chi connectivity index (χ2n) is 4.42. The third-order valence-electron chi connectivity index (χ3n) is 3.58. The monoisotopic (exact) mass is 206 g/mol. The van der Waals surface area contributed by atoms with E-state index in [2.05, 4.69) is 6.92 Å². The van der Waals surface area contributed by atoms with Crippen molar-refractivity contribution in [2.75, 3.05) is 7.11 Å². The lowest BCUT2D eigenvalue weighted by Gasteiger charge is -2.29. The van der Waals surface area contributed by atoms with Crippen molar-refractivity contribution in [3.05, 3.63) is 29.8 Å². The SMILES string of the molecule is COc1ccccc1[C@@]1(O)CCC[C@@H]1C. The maximum absolute atomic E-state index is 10.7. The van der Waals surface area contributed by atoms with Crippen LogP contribution in [0.5, 0.6) is 5.75 Å². The van der Waals surface area contributed by atoms with E-state index in [4.69, 9.17) is 4.74 Å². The molecule has 0 aromatic heterocycles. The second-order valence-corrected chi connectivity index (χ2v) is 4.42. The molecule has 0 spiro atoms. The first-order valence-corrected chi connectivity index (χ1v) is 5.54. The zero-order valence-electron chi connectivity index (χ0n) is 9.36. The molecule has 1 saturated carbocycles. The molecule has 1 aliphatic rings. The number of rotatable bonds is 2. The molecule has 1 aromatic carbocycles. The molecule has 2 atom stereocenters. The summed E-state index contributed by atoms with van der Waals surface area (Å²) in [5.41, 5.74) is 0.254. The van der Waals surface area contributed by atoms with Crippen LogP contribution in [0.2, 0.25) is 0 Å². The summed E-state index contributed by atoms with van der Waals surface area (Å²) in [5, 5.41) is 10.7. The summed E-state index contributed by atoms with van der Waals surface area (Å²) >= 11 is 0. The minimum Gasteiger partial charge on any atom is -0.496 e. The van der Waals surface area contributed by atoms with E-state index >= 15 is 0 Å². The molecule has 1 aromatic rings. The molecule has 0 radical (unpaired) electrons. The minimum absolute atomic E-state index is 0.314. The van der Waals surface area contributed by atoms with Gasteiger partial charge in [-0.2, -0.15) is 0 Å². The van der Waals surface area contributed by atoms with Crippen molar-refractivity contribution in [3.8, 4) is 5.75 Å². The number of ether oxygens (including phenoxy) is 1. The van der Waals surface area contributed by atoms with E-state index in [9.17, 15) is 5.11 Å². The van der Waals surface area contributed by atoms with E-state index in [0.717, 1.165) is 30.6 Å². The molecule has 0 amide bonds. The third-order valence-corrected chi connectivity index (χ3v) is 3.58. The first kappa shape index (κ1) is 10.5. The van der Waals surface area contributed by atoms with Gasteiger partial charge in [0.2, 0.25) is 0 Å². The molecular weight excluding hydrogens is 188 g/mol. The molecule has 0 heterocycles. The lowest BCUT2D eigenvalue weighted by Crippen LogP contribution is -2.28. The predicted molar refractivity (Wildman–Crippen MR) is 59.9 cm³/mol. The molecular formula is C13H18O2. The van der Waals surface area contributed by atoms with Crippen LogP contribution in [0, 0.1) is 5.92 Å². The number of aliphatic hydroxyl groups is 1. The van der Waals surface area contributed by atoms with Gasteiger partial charge in [0.25, 0.3) is 0 Å². The summed E-state index contributed by atoms with van der Waals surface area (Å²) in [6, 6.07) is 7.78. The third kappa shape index (κ3) is 1.63. The summed E-state index contributed by atoms with van der Waals surface area (Å²) in [4.78, 5) is 0. The van der Waals surface area contributed by atoms with E-state index in [-0.39, 0.29) is 0 Å². The average molecular weight is 206 g/mol. The molecule has 2 heteroatoms. The summed E-state index contributed by atoms with van der Waals surface area (Å²) in [7, 11) is 1.65. The van der Waals surface area contributed by atoms with Crippen LogP contribution >= 0.6 is 0 Å². The van der Waals surface area contributed by atoms with Gasteiger partial charge in [-0.05, 0) is 31.2 Å². The highest BCUT2D eigenvalue weighted by atomic mass is 16.5. The van der Waals surface area contributed by atoms with Gasteiger partial charge < -0.3 is 9.84 Å². The van der Waals surface area contributed by atoms with Crippen molar-refractivity contribution in [2.45, 2.75) is 31.8 Å². The maximum atomic E-state index is 10.7. The first-order chi connectivity index (χ1) is 7.18. The van der Waals surface area contributed by atoms with Crippen molar-refractivity contribution in [1.29, 1.82) is 0 Å². The van der Waals surface area contributed by atoms with Crippen molar-refractivity contribution in [1.82, 2.24) is 0 Å². The first-order valence-electron chi connectivity index (χ1n) is 5.54. The van der Waals surface area contributed by atoms with E-state index < -0.39 is 5.60 Å². The second kappa shape index (κ2) is 3.86. The van der Waals surface area contributed by atoms with Gasteiger partial charge in [0, 0.05) is 5.56 Å². The molecule has 0 bridgehead atoms. The Morgan fingerprint density at radius 3 is 2.73 bits per heavy atom. The molecule has 82 valence electrons. The van der Waals surface area contributed by atoms with Crippen LogP contribution in [-0.2, 0) is 5.60 Å². The van der Waals surface area contributed by atoms with Crippen molar-refractivity contribution >= 4 is 0 Å². The summed E-state index contributed by atoms with van der Waals surface area (Å²) in [5.74, 6) is 1.11. The van der Waals surface area contributed by atoms with E-state index in [1.54, 1.807) is 7.11 Å². The van der Waals surface area contributed by atoms with Crippen LogP contribution < -0.4 is 4.74 Å². The van der Waals surface area contributed by atoms with Crippen LogP contribution in [-0.4, -0.2) is 12.2 Å².